The van der Waals surface area contributed by atoms with Crippen LogP contribution in [0.2, 0.25) is 0 Å². The fourth-order valence-electron chi connectivity index (χ4n) is 1.76. The van der Waals surface area contributed by atoms with Gasteiger partial charge in [0.05, 0.1) is 6.54 Å². The molecule has 0 aliphatic heterocycles. The number of nitrogens with zero attached hydrogens (tertiary/aromatic N) is 1. The largest absolute Gasteiger partial charge is 0.386 e. The van der Waals surface area contributed by atoms with E-state index in [9.17, 15) is 9.90 Å². The van der Waals surface area contributed by atoms with E-state index in [1.165, 1.54) is 16.2 Å². The van der Waals surface area contributed by atoms with Crippen LogP contribution in [0.15, 0.2) is 46.3 Å². The van der Waals surface area contributed by atoms with Gasteiger partial charge in [-0.1, -0.05) is 28.1 Å². The maximum absolute atomic E-state index is 12.2. The highest BCUT2D eigenvalue weighted by Gasteiger charge is 2.17. The zero-order valence-electron chi connectivity index (χ0n) is 10.4. The van der Waals surface area contributed by atoms with Gasteiger partial charge in [-0.2, -0.15) is 0 Å². The molecular weight excluding hydrogens is 326 g/mol. The van der Waals surface area contributed by atoms with Crippen LogP contribution in [-0.2, 0) is 0 Å². The number of amides is 1. The molecule has 2 aromatic rings. The van der Waals surface area contributed by atoms with E-state index in [1.54, 1.807) is 19.2 Å². The zero-order valence-corrected chi connectivity index (χ0v) is 12.8. The van der Waals surface area contributed by atoms with Crippen molar-refractivity contribution in [3.8, 4) is 0 Å². The first-order valence-corrected chi connectivity index (χ1v) is 7.47. The fraction of sp³-hybridized carbons (Fsp3) is 0.214. The lowest BCUT2D eigenvalue weighted by Gasteiger charge is -2.20. The van der Waals surface area contributed by atoms with Crippen molar-refractivity contribution in [1.82, 2.24) is 4.90 Å². The van der Waals surface area contributed by atoms with Crippen LogP contribution >= 0.6 is 27.3 Å². The number of carbonyl (C=O) groups is 1. The summed E-state index contributed by atoms with van der Waals surface area (Å²) in [5.41, 5.74) is 0.607. The molecule has 2 rings (SSSR count). The fourth-order valence-corrected chi connectivity index (χ4v) is 2.86. The molecule has 19 heavy (non-hydrogen) atoms. The van der Waals surface area contributed by atoms with Crippen molar-refractivity contribution in [2.24, 2.45) is 0 Å². The third-order valence-electron chi connectivity index (χ3n) is 2.74. The summed E-state index contributed by atoms with van der Waals surface area (Å²) in [5, 5.41) is 11.9. The first-order chi connectivity index (χ1) is 9.08. The summed E-state index contributed by atoms with van der Waals surface area (Å²) in [6.45, 7) is 0.284. The van der Waals surface area contributed by atoms with Crippen LogP contribution in [0.25, 0.3) is 0 Å². The smallest absolute Gasteiger partial charge is 0.253 e. The van der Waals surface area contributed by atoms with Crippen LogP contribution < -0.4 is 0 Å². The number of rotatable bonds is 4. The molecule has 0 spiro atoms. The van der Waals surface area contributed by atoms with E-state index in [1.807, 2.05) is 29.6 Å². The van der Waals surface area contributed by atoms with E-state index in [0.29, 0.717) is 5.56 Å². The Labute approximate surface area is 124 Å². The summed E-state index contributed by atoms with van der Waals surface area (Å²) in [6, 6.07) is 11.0. The standard InChI is InChI=1S/C14H14BrNO2S/c1-16(9-12(17)13-6-3-7-19-13)14(18)10-4-2-5-11(15)8-10/h2-8,12,17H,9H2,1H3. The minimum atomic E-state index is -0.638. The Kier molecular flexibility index (Phi) is 4.74. The number of halogens is 1. The maximum Gasteiger partial charge on any atom is 0.253 e. The Hall–Kier alpha value is -1.17. The van der Waals surface area contributed by atoms with Crippen molar-refractivity contribution in [2.45, 2.75) is 6.10 Å². The van der Waals surface area contributed by atoms with Gasteiger partial charge in [0.15, 0.2) is 0 Å². The summed E-state index contributed by atoms with van der Waals surface area (Å²) in [4.78, 5) is 14.6. The van der Waals surface area contributed by atoms with Gasteiger partial charge in [0.1, 0.15) is 6.10 Å². The van der Waals surface area contributed by atoms with Crippen molar-refractivity contribution in [3.63, 3.8) is 0 Å². The predicted octanol–water partition coefficient (Wildman–Crippen LogP) is 3.32. The van der Waals surface area contributed by atoms with E-state index < -0.39 is 6.10 Å². The molecule has 0 saturated heterocycles. The monoisotopic (exact) mass is 339 g/mol. The van der Waals surface area contributed by atoms with Crippen LogP contribution in [-0.4, -0.2) is 29.5 Å². The van der Waals surface area contributed by atoms with Crippen molar-refractivity contribution in [2.75, 3.05) is 13.6 Å². The van der Waals surface area contributed by atoms with Crippen molar-refractivity contribution < 1.29 is 9.90 Å². The van der Waals surface area contributed by atoms with Gasteiger partial charge in [-0.3, -0.25) is 4.79 Å². The molecule has 100 valence electrons. The van der Waals surface area contributed by atoms with Crippen LogP contribution in [0, 0.1) is 0 Å². The summed E-state index contributed by atoms with van der Waals surface area (Å²) >= 11 is 4.83. The quantitative estimate of drug-likeness (QED) is 0.928. The second-order valence-corrected chi connectivity index (χ2v) is 6.12. The van der Waals surface area contributed by atoms with Crippen LogP contribution in [0.5, 0.6) is 0 Å². The minimum Gasteiger partial charge on any atom is -0.386 e. The second kappa shape index (κ2) is 6.32. The number of aliphatic hydroxyl groups is 1. The molecule has 0 saturated carbocycles. The van der Waals surface area contributed by atoms with Crippen LogP contribution in [0.4, 0.5) is 0 Å². The topological polar surface area (TPSA) is 40.5 Å². The number of hydrogen-bond donors (Lipinski definition) is 1. The van der Waals surface area contributed by atoms with Gasteiger partial charge in [-0.25, -0.2) is 0 Å². The number of carbonyl (C=O) groups excluding carboxylic acids is 1. The molecule has 1 aromatic heterocycles. The summed E-state index contributed by atoms with van der Waals surface area (Å²) in [6.07, 6.45) is -0.638. The van der Waals surface area contributed by atoms with Gasteiger partial charge >= 0.3 is 0 Å². The summed E-state index contributed by atoms with van der Waals surface area (Å²) in [5.74, 6) is -0.100. The Morgan fingerprint density at radius 1 is 1.42 bits per heavy atom. The number of benzene rings is 1. The molecule has 5 heteroatoms. The predicted molar refractivity (Wildman–Crippen MR) is 80.4 cm³/mol. The van der Waals surface area contributed by atoms with E-state index in [-0.39, 0.29) is 12.5 Å². The highest BCUT2D eigenvalue weighted by molar-refractivity contribution is 9.10. The minimum absolute atomic E-state index is 0.100. The molecule has 1 unspecified atom stereocenters. The number of aliphatic hydroxyl groups excluding tert-OH is 1. The Balaban J connectivity index is 2.03. The molecule has 1 atom stereocenters. The van der Waals surface area contributed by atoms with E-state index in [2.05, 4.69) is 15.9 Å². The van der Waals surface area contributed by atoms with Gasteiger partial charge in [0.25, 0.3) is 5.91 Å². The molecule has 3 nitrogen and oxygen atoms in total. The molecule has 1 heterocycles. The third kappa shape index (κ3) is 3.65. The average molecular weight is 340 g/mol. The number of hydrogen-bond acceptors (Lipinski definition) is 3. The first-order valence-electron chi connectivity index (χ1n) is 5.80. The maximum atomic E-state index is 12.2. The highest BCUT2D eigenvalue weighted by Crippen LogP contribution is 2.20. The lowest BCUT2D eigenvalue weighted by atomic mass is 10.2. The molecule has 0 bridgehead atoms. The molecule has 1 aromatic carbocycles. The number of likely N-dealkylation sites (N-methyl/N-ethyl adjacent to an activating group) is 1. The van der Waals surface area contributed by atoms with Crippen LogP contribution in [0.3, 0.4) is 0 Å². The molecule has 1 N–H and O–H groups in total. The lowest BCUT2D eigenvalue weighted by molar-refractivity contribution is 0.0685. The van der Waals surface area contributed by atoms with Gasteiger partial charge < -0.3 is 10.0 Å². The van der Waals surface area contributed by atoms with Gasteiger partial charge in [0.2, 0.25) is 0 Å². The van der Waals surface area contributed by atoms with Gasteiger partial charge in [0, 0.05) is 22.0 Å². The Morgan fingerprint density at radius 3 is 2.84 bits per heavy atom. The summed E-state index contributed by atoms with van der Waals surface area (Å²) in [7, 11) is 1.69. The SMILES string of the molecule is CN(CC(O)c1cccs1)C(=O)c1cccc(Br)c1. The van der Waals surface area contributed by atoms with Crippen LogP contribution in [0.1, 0.15) is 21.3 Å². The summed E-state index contributed by atoms with van der Waals surface area (Å²) < 4.78 is 0.866. The molecule has 0 radical (unpaired) electrons. The zero-order chi connectivity index (χ0) is 13.8. The van der Waals surface area contributed by atoms with Crippen molar-refractivity contribution >= 4 is 33.2 Å². The van der Waals surface area contributed by atoms with Crippen molar-refractivity contribution in [3.05, 3.63) is 56.7 Å². The molecular formula is C14H14BrNO2S. The molecule has 0 fully saturated rings. The molecule has 0 aliphatic rings. The molecule has 0 aliphatic carbocycles. The Morgan fingerprint density at radius 2 is 2.21 bits per heavy atom. The average Bonchev–Trinajstić information content (AvgIpc) is 2.91. The lowest BCUT2D eigenvalue weighted by Crippen LogP contribution is -2.30. The normalized spacial score (nSPS) is 12.2. The molecule has 1 amide bonds. The van der Waals surface area contributed by atoms with Crippen molar-refractivity contribution in [1.29, 1.82) is 0 Å². The van der Waals surface area contributed by atoms with Gasteiger partial charge in [-0.15, -0.1) is 11.3 Å². The number of thiophene rings is 1. The van der Waals surface area contributed by atoms with E-state index in [0.717, 1.165) is 9.35 Å². The first kappa shape index (κ1) is 14.2. The highest BCUT2D eigenvalue weighted by atomic mass is 79.9. The second-order valence-electron chi connectivity index (χ2n) is 4.23. The van der Waals surface area contributed by atoms with E-state index in [4.69, 9.17) is 0 Å². The Bertz CT molecular complexity index is 556. The van der Waals surface area contributed by atoms with Gasteiger partial charge in [-0.05, 0) is 29.6 Å². The third-order valence-corrected chi connectivity index (χ3v) is 4.20. The van der Waals surface area contributed by atoms with E-state index >= 15 is 0 Å².